The maximum Gasteiger partial charge on any atom is 0.223 e. The van der Waals surface area contributed by atoms with Gasteiger partial charge in [-0.15, -0.1) is 5.10 Å². The maximum atomic E-state index is 12.3. The zero-order valence-electron chi connectivity index (χ0n) is 12.7. The number of piperidine rings is 1. The van der Waals surface area contributed by atoms with Crippen molar-refractivity contribution in [3.05, 3.63) is 45.9 Å². The lowest BCUT2D eigenvalue weighted by Crippen LogP contribution is -2.40. The summed E-state index contributed by atoms with van der Waals surface area (Å²) in [6.07, 6.45) is 1.74. The predicted octanol–water partition coefficient (Wildman–Crippen LogP) is 2.72. The molecule has 0 radical (unpaired) electrons. The number of amides is 1. The Morgan fingerprint density at radius 1 is 1.30 bits per heavy atom. The molecule has 0 spiro atoms. The van der Waals surface area contributed by atoms with Crippen molar-refractivity contribution >= 4 is 29.0 Å². The summed E-state index contributed by atoms with van der Waals surface area (Å²) in [6, 6.07) is 9.99. The Kier molecular flexibility index (Phi) is 5.59. The van der Waals surface area contributed by atoms with Crippen LogP contribution in [0.2, 0.25) is 4.34 Å². The molecule has 7 heteroatoms. The van der Waals surface area contributed by atoms with Crippen LogP contribution in [0.15, 0.2) is 30.3 Å². The molecular weight excluding hydrogens is 332 g/mol. The van der Waals surface area contributed by atoms with E-state index < -0.39 is 0 Å². The van der Waals surface area contributed by atoms with E-state index in [-0.39, 0.29) is 11.8 Å². The highest BCUT2D eigenvalue weighted by atomic mass is 35.5. The van der Waals surface area contributed by atoms with Crippen molar-refractivity contribution in [2.24, 2.45) is 5.92 Å². The Morgan fingerprint density at radius 2 is 2.04 bits per heavy atom. The second-order valence-corrected chi connectivity index (χ2v) is 7.10. The van der Waals surface area contributed by atoms with E-state index in [2.05, 4.69) is 19.8 Å². The van der Waals surface area contributed by atoms with Gasteiger partial charge in [-0.25, -0.2) is 0 Å². The zero-order chi connectivity index (χ0) is 16.1. The number of aromatic nitrogens is 2. The van der Waals surface area contributed by atoms with Crippen molar-refractivity contribution in [2.75, 3.05) is 13.1 Å². The molecule has 5 nitrogen and oxygen atoms in total. The van der Waals surface area contributed by atoms with Crippen molar-refractivity contribution in [1.29, 1.82) is 0 Å². The lowest BCUT2D eigenvalue weighted by molar-refractivity contribution is -0.126. The third-order valence-electron chi connectivity index (χ3n) is 4.15. The third kappa shape index (κ3) is 4.50. The molecule has 1 aromatic heterocycles. The lowest BCUT2D eigenvalue weighted by atomic mass is 9.95. The first-order valence-electron chi connectivity index (χ1n) is 7.73. The lowest BCUT2D eigenvalue weighted by Gasteiger charge is -2.30. The quantitative estimate of drug-likeness (QED) is 0.900. The molecule has 2 heterocycles. The molecule has 1 N–H and O–H groups in total. The van der Waals surface area contributed by atoms with E-state index >= 15 is 0 Å². The van der Waals surface area contributed by atoms with Gasteiger partial charge in [0.1, 0.15) is 10.0 Å². The molecule has 3 rings (SSSR count). The monoisotopic (exact) mass is 350 g/mol. The second-order valence-electron chi connectivity index (χ2n) is 5.75. The third-order valence-corrected chi connectivity index (χ3v) is 5.14. The Morgan fingerprint density at radius 3 is 2.70 bits per heavy atom. The zero-order valence-corrected chi connectivity index (χ0v) is 14.3. The van der Waals surface area contributed by atoms with Crippen LogP contribution in [-0.4, -0.2) is 33.5 Å². The largest absolute Gasteiger partial charge is 0.352 e. The van der Waals surface area contributed by atoms with Gasteiger partial charge in [0.2, 0.25) is 5.91 Å². The summed E-state index contributed by atoms with van der Waals surface area (Å²) in [4.78, 5) is 14.6. The molecule has 0 atom stereocenters. The molecule has 1 amide bonds. The van der Waals surface area contributed by atoms with Crippen LogP contribution in [-0.2, 0) is 17.9 Å². The molecule has 1 saturated heterocycles. The average molecular weight is 351 g/mol. The first kappa shape index (κ1) is 16.4. The van der Waals surface area contributed by atoms with Crippen molar-refractivity contribution in [3.8, 4) is 0 Å². The molecule has 0 saturated carbocycles. The van der Waals surface area contributed by atoms with Crippen molar-refractivity contribution in [1.82, 2.24) is 19.8 Å². The van der Waals surface area contributed by atoms with Gasteiger partial charge in [-0.3, -0.25) is 9.69 Å². The van der Waals surface area contributed by atoms with Gasteiger partial charge in [-0.1, -0.05) is 46.4 Å². The topological polar surface area (TPSA) is 58.1 Å². The minimum atomic E-state index is 0.0963. The summed E-state index contributed by atoms with van der Waals surface area (Å²) >= 11 is 7.26. The molecule has 1 aromatic carbocycles. The van der Waals surface area contributed by atoms with Crippen molar-refractivity contribution < 1.29 is 4.79 Å². The maximum absolute atomic E-state index is 12.3. The molecule has 122 valence electrons. The summed E-state index contributed by atoms with van der Waals surface area (Å²) in [7, 11) is 0. The van der Waals surface area contributed by atoms with E-state index in [9.17, 15) is 4.79 Å². The number of hydrogen-bond acceptors (Lipinski definition) is 5. The highest BCUT2D eigenvalue weighted by molar-refractivity contribution is 7.10. The molecule has 1 aliphatic heterocycles. The van der Waals surface area contributed by atoms with Crippen LogP contribution < -0.4 is 5.32 Å². The minimum Gasteiger partial charge on any atom is -0.352 e. The Labute approximate surface area is 144 Å². The Hall–Kier alpha value is -1.50. The highest BCUT2D eigenvalue weighted by Crippen LogP contribution is 2.23. The molecule has 0 aliphatic carbocycles. The first-order valence-corrected chi connectivity index (χ1v) is 8.88. The first-order chi connectivity index (χ1) is 11.2. The second kappa shape index (κ2) is 7.86. The summed E-state index contributed by atoms with van der Waals surface area (Å²) in [6.45, 7) is 3.09. The SMILES string of the molecule is O=C(NCc1ccccc1)C1CCN(Cc2nnsc2Cl)CC1. The van der Waals surface area contributed by atoms with Gasteiger partial charge >= 0.3 is 0 Å². The van der Waals surface area contributed by atoms with E-state index in [1.165, 1.54) is 11.5 Å². The number of benzene rings is 1. The Bertz CT molecular complexity index is 641. The fraction of sp³-hybridized carbons (Fsp3) is 0.438. The van der Waals surface area contributed by atoms with Crippen LogP contribution >= 0.6 is 23.1 Å². The van der Waals surface area contributed by atoms with Gasteiger partial charge in [0.05, 0.1) is 0 Å². The van der Waals surface area contributed by atoms with Gasteiger partial charge in [0.25, 0.3) is 0 Å². The molecule has 0 unspecified atom stereocenters. The normalized spacial score (nSPS) is 16.4. The van der Waals surface area contributed by atoms with Gasteiger partial charge in [0.15, 0.2) is 0 Å². The molecule has 1 aliphatic rings. The van der Waals surface area contributed by atoms with Crippen LogP contribution in [0, 0.1) is 5.92 Å². The fourth-order valence-electron chi connectivity index (χ4n) is 2.79. The van der Waals surface area contributed by atoms with Crippen molar-refractivity contribution in [2.45, 2.75) is 25.9 Å². The van der Waals surface area contributed by atoms with E-state index in [1.54, 1.807) is 0 Å². The van der Waals surface area contributed by atoms with Gasteiger partial charge in [-0.2, -0.15) is 0 Å². The van der Waals surface area contributed by atoms with Crippen LogP contribution in [0.3, 0.4) is 0 Å². The number of nitrogens with one attached hydrogen (secondary N) is 1. The number of hydrogen-bond donors (Lipinski definition) is 1. The molecule has 1 fully saturated rings. The van der Waals surface area contributed by atoms with E-state index in [4.69, 9.17) is 11.6 Å². The standard InChI is InChI=1S/C16H19ClN4OS/c17-15-14(19-20-23-15)11-21-8-6-13(7-9-21)16(22)18-10-12-4-2-1-3-5-12/h1-5,13H,6-11H2,(H,18,22). The summed E-state index contributed by atoms with van der Waals surface area (Å²) in [5.41, 5.74) is 1.97. The number of nitrogens with zero attached hydrogens (tertiary/aromatic N) is 3. The smallest absolute Gasteiger partial charge is 0.223 e. The van der Waals surface area contributed by atoms with E-state index in [1.807, 2.05) is 30.3 Å². The summed E-state index contributed by atoms with van der Waals surface area (Å²) < 4.78 is 4.51. The number of carbonyl (C=O) groups is 1. The highest BCUT2D eigenvalue weighted by Gasteiger charge is 2.25. The Balaban J connectivity index is 1.43. The number of rotatable bonds is 5. The van der Waals surface area contributed by atoms with Crippen LogP contribution in [0.4, 0.5) is 0 Å². The fourth-order valence-corrected chi connectivity index (χ4v) is 3.40. The predicted molar refractivity (Wildman–Crippen MR) is 91.2 cm³/mol. The molecule has 23 heavy (non-hydrogen) atoms. The van der Waals surface area contributed by atoms with Gasteiger partial charge in [-0.05, 0) is 31.5 Å². The number of likely N-dealkylation sites (tertiary alicyclic amines) is 1. The van der Waals surface area contributed by atoms with Crippen LogP contribution in [0.25, 0.3) is 0 Å². The number of halogens is 1. The summed E-state index contributed by atoms with van der Waals surface area (Å²) in [5.74, 6) is 0.251. The van der Waals surface area contributed by atoms with Gasteiger partial charge in [0, 0.05) is 30.5 Å². The average Bonchev–Trinajstić information content (AvgIpc) is 2.99. The summed E-state index contributed by atoms with van der Waals surface area (Å²) in [5, 5.41) is 7.08. The van der Waals surface area contributed by atoms with Crippen LogP contribution in [0.1, 0.15) is 24.1 Å². The van der Waals surface area contributed by atoms with E-state index in [0.717, 1.165) is 37.2 Å². The van der Waals surface area contributed by atoms with E-state index in [0.29, 0.717) is 17.4 Å². The number of carbonyl (C=O) groups excluding carboxylic acids is 1. The molecular formula is C16H19ClN4OS. The van der Waals surface area contributed by atoms with Crippen LogP contribution in [0.5, 0.6) is 0 Å². The van der Waals surface area contributed by atoms with Crippen molar-refractivity contribution in [3.63, 3.8) is 0 Å². The minimum absolute atomic E-state index is 0.0963. The molecule has 0 bridgehead atoms. The van der Waals surface area contributed by atoms with Gasteiger partial charge < -0.3 is 5.32 Å². The molecule has 2 aromatic rings.